The van der Waals surface area contributed by atoms with Gasteiger partial charge in [0, 0.05) is 0 Å². The first-order valence-corrected chi connectivity index (χ1v) is 4.23. The standard InChI is InChI=1S/C9H14O4/c1-9(2,3)4-6-7(10)12-5-13-8(6)11/h6H,4-5H2,1-3H3. The average molecular weight is 186 g/mol. The van der Waals surface area contributed by atoms with Crippen LogP contribution in [0.1, 0.15) is 27.2 Å². The number of ether oxygens (including phenoxy) is 2. The topological polar surface area (TPSA) is 52.6 Å². The Morgan fingerprint density at radius 3 is 2.08 bits per heavy atom. The smallest absolute Gasteiger partial charge is 0.323 e. The number of cyclic esters (lactones) is 2. The van der Waals surface area contributed by atoms with Gasteiger partial charge in [0.1, 0.15) is 0 Å². The fourth-order valence-electron chi connectivity index (χ4n) is 1.22. The number of carbonyl (C=O) groups is 2. The summed E-state index contributed by atoms with van der Waals surface area (Å²) >= 11 is 0. The van der Waals surface area contributed by atoms with Gasteiger partial charge in [0.2, 0.25) is 6.79 Å². The van der Waals surface area contributed by atoms with Gasteiger partial charge in [0.05, 0.1) is 0 Å². The van der Waals surface area contributed by atoms with Crippen LogP contribution in [-0.2, 0) is 19.1 Å². The zero-order valence-corrected chi connectivity index (χ0v) is 8.12. The van der Waals surface area contributed by atoms with Gasteiger partial charge in [-0.15, -0.1) is 0 Å². The van der Waals surface area contributed by atoms with E-state index in [-0.39, 0.29) is 12.2 Å². The molecule has 4 heteroatoms. The van der Waals surface area contributed by atoms with E-state index in [0.29, 0.717) is 6.42 Å². The van der Waals surface area contributed by atoms with Gasteiger partial charge in [-0.2, -0.15) is 0 Å². The van der Waals surface area contributed by atoms with Crippen molar-refractivity contribution in [2.45, 2.75) is 27.2 Å². The van der Waals surface area contributed by atoms with Gasteiger partial charge in [0.25, 0.3) is 0 Å². The molecule has 1 fully saturated rings. The van der Waals surface area contributed by atoms with Gasteiger partial charge in [0.15, 0.2) is 5.92 Å². The molecule has 0 aromatic rings. The highest BCUT2D eigenvalue weighted by Crippen LogP contribution is 2.27. The van der Waals surface area contributed by atoms with E-state index in [0.717, 1.165) is 0 Å². The molecule has 1 aliphatic rings. The molecule has 0 saturated carbocycles. The lowest BCUT2D eigenvalue weighted by atomic mass is 9.84. The predicted molar refractivity (Wildman–Crippen MR) is 44.6 cm³/mol. The Hall–Kier alpha value is -1.06. The molecule has 1 rings (SSSR count). The van der Waals surface area contributed by atoms with Crippen molar-refractivity contribution in [3.63, 3.8) is 0 Å². The van der Waals surface area contributed by atoms with E-state index in [4.69, 9.17) is 0 Å². The highest BCUT2D eigenvalue weighted by Gasteiger charge is 2.36. The number of rotatable bonds is 1. The maximum atomic E-state index is 11.2. The van der Waals surface area contributed by atoms with Crippen molar-refractivity contribution in [1.29, 1.82) is 0 Å². The zero-order valence-electron chi connectivity index (χ0n) is 8.12. The van der Waals surface area contributed by atoms with Gasteiger partial charge in [-0.3, -0.25) is 9.59 Å². The van der Waals surface area contributed by atoms with E-state index in [1.807, 2.05) is 20.8 Å². The minimum atomic E-state index is -0.742. The Morgan fingerprint density at radius 1 is 1.23 bits per heavy atom. The number of esters is 2. The normalized spacial score (nSPS) is 19.6. The maximum Gasteiger partial charge on any atom is 0.323 e. The van der Waals surface area contributed by atoms with Crippen LogP contribution in [0.15, 0.2) is 0 Å². The van der Waals surface area contributed by atoms with Crippen LogP contribution in [-0.4, -0.2) is 18.7 Å². The van der Waals surface area contributed by atoms with E-state index in [1.165, 1.54) is 0 Å². The molecule has 0 unspecified atom stereocenters. The Balaban J connectivity index is 2.65. The molecule has 1 heterocycles. The third-order valence-corrected chi connectivity index (χ3v) is 1.79. The molecule has 0 aromatic heterocycles. The lowest BCUT2D eigenvalue weighted by molar-refractivity contribution is -0.191. The lowest BCUT2D eigenvalue weighted by Gasteiger charge is -2.26. The van der Waals surface area contributed by atoms with E-state index in [2.05, 4.69) is 9.47 Å². The molecule has 1 saturated heterocycles. The van der Waals surface area contributed by atoms with E-state index < -0.39 is 17.9 Å². The molecule has 0 aliphatic carbocycles. The second-order valence-corrected chi connectivity index (χ2v) is 4.36. The fourth-order valence-corrected chi connectivity index (χ4v) is 1.22. The van der Waals surface area contributed by atoms with Crippen molar-refractivity contribution in [2.24, 2.45) is 11.3 Å². The van der Waals surface area contributed by atoms with Gasteiger partial charge in [-0.1, -0.05) is 20.8 Å². The van der Waals surface area contributed by atoms with Crippen molar-refractivity contribution in [2.75, 3.05) is 6.79 Å². The highest BCUT2D eigenvalue weighted by molar-refractivity contribution is 5.96. The molecule has 0 spiro atoms. The molecule has 0 radical (unpaired) electrons. The third-order valence-electron chi connectivity index (χ3n) is 1.79. The molecule has 0 atom stereocenters. The molecule has 0 N–H and O–H groups in total. The predicted octanol–water partition coefficient (Wildman–Crippen LogP) is 1.10. The van der Waals surface area contributed by atoms with Crippen LogP contribution in [0.2, 0.25) is 0 Å². The number of hydrogen-bond donors (Lipinski definition) is 0. The largest absolute Gasteiger partial charge is 0.427 e. The van der Waals surface area contributed by atoms with Gasteiger partial charge >= 0.3 is 11.9 Å². The first kappa shape index (κ1) is 10.0. The van der Waals surface area contributed by atoms with Crippen LogP contribution in [0.3, 0.4) is 0 Å². The van der Waals surface area contributed by atoms with Crippen LogP contribution in [0, 0.1) is 11.3 Å². The molecular weight excluding hydrogens is 172 g/mol. The minimum Gasteiger partial charge on any atom is -0.427 e. The van der Waals surface area contributed by atoms with Crippen molar-refractivity contribution >= 4 is 11.9 Å². The summed E-state index contributed by atoms with van der Waals surface area (Å²) in [6, 6.07) is 0. The van der Waals surface area contributed by atoms with Crippen molar-refractivity contribution in [3.05, 3.63) is 0 Å². The summed E-state index contributed by atoms with van der Waals surface area (Å²) in [5, 5.41) is 0. The summed E-state index contributed by atoms with van der Waals surface area (Å²) in [5.74, 6) is -1.67. The van der Waals surface area contributed by atoms with Crippen molar-refractivity contribution < 1.29 is 19.1 Å². The molecule has 74 valence electrons. The van der Waals surface area contributed by atoms with Gasteiger partial charge < -0.3 is 9.47 Å². The molecule has 4 nitrogen and oxygen atoms in total. The van der Waals surface area contributed by atoms with E-state index >= 15 is 0 Å². The van der Waals surface area contributed by atoms with Gasteiger partial charge in [-0.25, -0.2) is 0 Å². The molecule has 0 bridgehead atoms. The van der Waals surface area contributed by atoms with Gasteiger partial charge in [-0.05, 0) is 11.8 Å². The highest BCUT2D eigenvalue weighted by atomic mass is 16.7. The Bertz CT molecular complexity index is 210. The average Bonchev–Trinajstić information content (AvgIpc) is 1.95. The van der Waals surface area contributed by atoms with Crippen LogP contribution in [0.5, 0.6) is 0 Å². The SMILES string of the molecule is CC(C)(C)CC1C(=O)OCOC1=O. The summed E-state index contributed by atoms with van der Waals surface area (Å²) in [6.45, 7) is 5.64. The number of hydrogen-bond acceptors (Lipinski definition) is 4. The Labute approximate surface area is 77.2 Å². The Kier molecular flexibility index (Phi) is 2.59. The zero-order chi connectivity index (χ0) is 10.1. The fraction of sp³-hybridized carbons (Fsp3) is 0.778. The lowest BCUT2D eigenvalue weighted by Crippen LogP contribution is -2.37. The van der Waals surface area contributed by atoms with Crippen LogP contribution >= 0.6 is 0 Å². The molecule has 0 amide bonds. The first-order valence-electron chi connectivity index (χ1n) is 4.23. The second-order valence-electron chi connectivity index (χ2n) is 4.36. The Morgan fingerprint density at radius 2 is 1.69 bits per heavy atom. The minimum absolute atomic E-state index is 0.0833. The van der Waals surface area contributed by atoms with Crippen molar-refractivity contribution in [1.82, 2.24) is 0 Å². The summed E-state index contributed by atoms with van der Waals surface area (Å²) in [4.78, 5) is 22.3. The van der Waals surface area contributed by atoms with E-state index in [9.17, 15) is 9.59 Å². The summed E-state index contributed by atoms with van der Waals surface area (Å²) in [5.41, 5.74) is -0.0833. The molecule has 1 aliphatic heterocycles. The summed E-state index contributed by atoms with van der Waals surface area (Å²) < 4.78 is 9.25. The monoisotopic (exact) mass is 186 g/mol. The molecule has 0 aromatic carbocycles. The van der Waals surface area contributed by atoms with Crippen molar-refractivity contribution in [3.8, 4) is 0 Å². The quantitative estimate of drug-likeness (QED) is 0.454. The maximum absolute atomic E-state index is 11.2. The van der Waals surface area contributed by atoms with E-state index in [1.54, 1.807) is 0 Å². The number of carbonyl (C=O) groups excluding carboxylic acids is 2. The molecule has 13 heavy (non-hydrogen) atoms. The van der Waals surface area contributed by atoms with Crippen LogP contribution in [0.4, 0.5) is 0 Å². The van der Waals surface area contributed by atoms with Crippen LogP contribution < -0.4 is 0 Å². The first-order chi connectivity index (χ1) is 5.90. The third kappa shape index (κ3) is 2.72. The van der Waals surface area contributed by atoms with Crippen LogP contribution in [0.25, 0.3) is 0 Å². The summed E-state index contributed by atoms with van der Waals surface area (Å²) in [7, 11) is 0. The summed E-state index contributed by atoms with van der Waals surface area (Å²) in [6.07, 6.45) is 0.463. The molecular formula is C9H14O4. The second kappa shape index (κ2) is 3.36.